The molecule has 8 heteroatoms. The van der Waals surface area contributed by atoms with Gasteiger partial charge >= 0.3 is 0 Å². The van der Waals surface area contributed by atoms with Gasteiger partial charge in [-0.25, -0.2) is 4.90 Å². The number of carbonyl (C=O) groups is 2. The average Bonchev–Trinajstić information content (AvgIpc) is 3.04. The largest absolute Gasteiger partial charge is 0.497 e. The van der Waals surface area contributed by atoms with Gasteiger partial charge in [0.2, 0.25) is 0 Å². The molecule has 2 aromatic rings. The molecule has 0 spiro atoms. The third kappa shape index (κ3) is 3.98. The number of amides is 2. The lowest BCUT2D eigenvalue weighted by Gasteiger charge is -2.34. The zero-order valence-electron chi connectivity index (χ0n) is 17.7. The van der Waals surface area contributed by atoms with Crippen LogP contribution in [0.25, 0.3) is 5.57 Å². The van der Waals surface area contributed by atoms with E-state index in [1.165, 1.54) is 19.1 Å². The van der Waals surface area contributed by atoms with Crippen LogP contribution >= 0.6 is 11.6 Å². The molecule has 2 amide bonds. The summed E-state index contributed by atoms with van der Waals surface area (Å²) in [5, 5.41) is 0.566. The topological polar surface area (TPSA) is 62.3 Å². The summed E-state index contributed by atoms with van der Waals surface area (Å²) in [6, 6.07) is 12.0. The molecule has 0 aliphatic carbocycles. The van der Waals surface area contributed by atoms with Gasteiger partial charge in [0.05, 0.1) is 25.5 Å². The summed E-state index contributed by atoms with van der Waals surface area (Å²) in [6.07, 6.45) is 0. The fourth-order valence-corrected chi connectivity index (χ4v) is 4.00. The molecule has 4 rings (SSSR count). The molecule has 31 heavy (non-hydrogen) atoms. The van der Waals surface area contributed by atoms with Gasteiger partial charge in [-0.1, -0.05) is 23.7 Å². The van der Waals surface area contributed by atoms with Gasteiger partial charge in [-0.3, -0.25) is 9.59 Å². The zero-order chi connectivity index (χ0) is 22.1. The molecule has 0 radical (unpaired) electrons. The van der Waals surface area contributed by atoms with E-state index in [4.69, 9.17) is 21.1 Å². The number of imide groups is 1. The van der Waals surface area contributed by atoms with E-state index in [1.54, 1.807) is 42.5 Å². The van der Waals surface area contributed by atoms with Crippen LogP contribution in [0.5, 0.6) is 11.5 Å². The first-order valence-electron chi connectivity index (χ1n) is 9.98. The molecule has 1 fully saturated rings. The molecule has 2 aliphatic rings. The van der Waals surface area contributed by atoms with Gasteiger partial charge in [0.15, 0.2) is 0 Å². The van der Waals surface area contributed by atoms with Crippen LogP contribution in [0.2, 0.25) is 5.02 Å². The summed E-state index contributed by atoms with van der Waals surface area (Å²) < 4.78 is 10.7. The second kappa shape index (κ2) is 8.61. The molecule has 2 heterocycles. The van der Waals surface area contributed by atoms with E-state index in [-0.39, 0.29) is 11.8 Å². The Morgan fingerprint density at radius 1 is 0.839 bits per heavy atom. The van der Waals surface area contributed by atoms with Crippen LogP contribution in [0.3, 0.4) is 0 Å². The van der Waals surface area contributed by atoms with Gasteiger partial charge in [0, 0.05) is 49.4 Å². The van der Waals surface area contributed by atoms with E-state index < -0.39 is 0 Å². The van der Waals surface area contributed by atoms with Crippen LogP contribution in [0.4, 0.5) is 5.69 Å². The molecule has 0 N–H and O–H groups in total. The Hall–Kier alpha value is -3.03. The molecule has 1 saturated heterocycles. The highest BCUT2D eigenvalue weighted by Gasteiger charge is 2.43. The number of rotatable bonds is 5. The van der Waals surface area contributed by atoms with Crippen molar-refractivity contribution in [1.82, 2.24) is 9.80 Å². The average molecular weight is 442 g/mol. The Morgan fingerprint density at radius 3 is 1.97 bits per heavy atom. The number of ether oxygens (including phenoxy) is 2. The maximum absolute atomic E-state index is 13.6. The molecule has 2 aromatic carbocycles. The second-order valence-electron chi connectivity index (χ2n) is 7.54. The van der Waals surface area contributed by atoms with Gasteiger partial charge in [0.25, 0.3) is 11.8 Å². The zero-order valence-corrected chi connectivity index (χ0v) is 18.5. The third-order valence-corrected chi connectivity index (χ3v) is 5.86. The Kier molecular flexibility index (Phi) is 5.89. The first-order chi connectivity index (χ1) is 14.9. The SMILES string of the molecule is COc1cc(OC)cc(N2C(=O)C(c3ccc(Cl)cc3)=C(N3CCN(C)CC3)C2=O)c1. The number of benzene rings is 2. The summed E-state index contributed by atoms with van der Waals surface area (Å²) in [5.74, 6) is 0.262. The summed E-state index contributed by atoms with van der Waals surface area (Å²) in [6.45, 7) is 2.95. The van der Waals surface area contributed by atoms with Crippen LogP contribution in [0.1, 0.15) is 5.56 Å². The van der Waals surface area contributed by atoms with E-state index >= 15 is 0 Å². The number of carbonyl (C=O) groups excluding carboxylic acids is 2. The number of anilines is 1. The molecule has 162 valence electrons. The van der Waals surface area contributed by atoms with E-state index in [2.05, 4.69) is 4.90 Å². The Labute approximate surface area is 186 Å². The van der Waals surface area contributed by atoms with Crippen molar-refractivity contribution in [3.8, 4) is 11.5 Å². The van der Waals surface area contributed by atoms with Crippen LogP contribution in [0, 0.1) is 0 Å². The Balaban J connectivity index is 1.81. The van der Waals surface area contributed by atoms with Crippen molar-refractivity contribution in [2.45, 2.75) is 0 Å². The standard InChI is InChI=1S/C23H24ClN3O4/c1-25-8-10-26(11-9-25)21-20(15-4-6-16(24)7-5-15)22(28)27(23(21)29)17-12-18(30-2)14-19(13-17)31-3/h4-7,12-14H,8-11H2,1-3H3. The normalized spacial score (nSPS) is 17.5. The van der Waals surface area contributed by atoms with Gasteiger partial charge in [0.1, 0.15) is 17.2 Å². The maximum Gasteiger partial charge on any atom is 0.282 e. The number of piperazine rings is 1. The van der Waals surface area contributed by atoms with Crippen LogP contribution < -0.4 is 14.4 Å². The highest BCUT2D eigenvalue weighted by molar-refractivity contribution is 6.45. The molecule has 0 unspecified atom stereocenters. The first-order valence-corrected chi connectivity index (χ1v) is 10.4. The summed E-state index contributed by atoms with van der Waals surface area (Å²) in [4.78, 5) is 32.6. The second-order valence-corrected chi connectivity index (χ2v) is 7.97. The fraction of sp³-hybridized carbons (Fsp3) is 0.304. The van der Waals surface area contributed by atoms with Crippen molar-refractivity contribution in [2.24, 2.45) is 0 Å². The molecule has 7 nitrogen and oxygen atoms in total. The van der Waals surface area contributed by atoms with Crippen LogP contribution in [-0.4, -0.2) is 69.1 Å². The van der Waals surface area contributed by atoms with Gasteiger partial charge in [-0.05, 0) is 24.7 Å². The summed E-state index contributed by atoms with van der Waals surface area (Å²) in [7, 11) is 5.10. The van der Waals surface area contributed by atoms with Crippen molar-refractivity contribution >= 4 is 34.7 Å². The molecule has 0 bridgehead atoms. The minimum absolute atomic E-state index is 0.352. The smallest absolute Gasteiger partial charge is 0.282 e. The molecule has 0 aromatic heterocycles. The first kappa shape index (κ1) is 21.2. The molecule has 0 atom stereocenters. The van der Waals surface area contributed by atoms with Crippen molar-refractivity contribution in [3.63, 3.8) is 0 Å². The summed E-state index contributed by atoms with van der Waals surface area (Å²) in [5.41, 5.74) is 1.87. The minimum atomic E-state index is -0.378. The van der Waals surface area contributed by atoms with Crippen LogP contribution in [0.15, 0.2) is 48.2 Å². The Bertz CT molecular complexity index is 1020. The minimum Gasteiger partial charge on any atom is -0.497 e. The van der Waals surface area contributed by atoms with Crippen LogP contribution in [-0.2, 0) is 9.59 Å². The number of halogens is 1. The monoisotopic (exact) mass is 441 g/mol. The third-order valence-electron chi connectivity index (χ3n) is 5.61. The number of hydrogen-bond donors (Lipinski definition) is 0. The predicted molar refractivity (Wildman–Crippen MR) is 119 cm³/mol. The van der Waals surface area contributed by atoms with Crippen molar-refractivity contribution < 1.29 is 19.1 Å². The van der Waals surface area contributed by atoms with Gasteiger partial charge in [-0.15, -0.1) is 0 Å². The highest BCUT2D eigenvalue weighted by Crippen LogP contribution is 2.38. The molecular weight excluding hydrogens is 418 g/mol. The molecular formula is C23H24ClN3O4. The van der Waals surface area contributed by atoms with E-state index in [0.717, 1.165) is 13.1 Å². The fourth-order valence-electron chi connectivity index (χ4n) is 3.87. The van der Waals surface area contributed by atoms with Crippen molar-refractivity contribution in [3.05, 3.63) is 58.7 Å². The quantitative estimate of drug-likeness (QED) is 0.665. The number of methoxy groups -OCH3 is 2. The lowest BCUT2D eigenvalue weighted by Crippen LogP contribution is -2.46. The van der Waals surface area contributed by atoms with E-state index in [1.807, 2.05) is 11.9 Å². The lowest BCUT2D eigenvalue weighted by atomic mass is 10.0. The number of hydrogen-bond acceptors (Lipinski definition) is 6. The molecule has 2 aliphatic heterocycles. The van der Waals surface area contributed by atoms with E-state index in [9.17, 15) is 9.59 Å². The van der Waals surface area contributed by atoms with Gasteiger partial charge < -0.3 is 19.3 Å². The number of likely N-dealkylation sites (N-methyl/N-ethyl adjacent to an activating group) is 1. The van der Waals surface area contributed by atoms with Gasteiger partial charge in [-0.2, -0.15) is 0 Å². The van der Waals surface area contributed by atoms with E-state index in [0.29, 0.717) is 52.1 Å². The predicted octanol–water partition coefficient (Wildman–Crippen LogP) is 2.89. The Morgan fingerprint density at radius 2 is 1.42 bits per heavy atom. The lowest BCUT2D eigenvalue weighted by molar-refractivity contribution is -0.120. The van der Waals surface area contributed by atoms with Crippen molar-refractivity contribution in [1.29, 1.82) is 0 Å². The van der Waals surface area contributed by atoms with Crippen molar-refractivity contribution in [2.75, 3.05) is 52.3 Å². The number of nitrogens with zero attached hydrogens (tertiary/aromatic N) is 3. The summed E-state index contributed by atoms with van der Waals surface area (Å²) >= 11 is 6.05. The highest BCUT2D eigenvalue weighted by atomic mass is 35.5. The molecule has 0 saturated carbocycles. The maximum atomic E-state index is 13.6.